The number of hydrogen-bond donors (Lipinski definition) is 0. The maximum absolute atomic E-state index is 6.40. The van der Waals surface area contributed by atoms with Crippen LogP contribution in [0.25, 0.3) is 33.2 Å². The van der Waals surface area contributed by atoms with E-state index in [1.165, 1.54) is 5.57 Å². The lowest BCUT2D eigenvalue weighted by Gasteiger charge is -2.27. The van der Waals surface area contributed by atoms with Crippen LogP contribution in [-0.2, 0) is 4.74 Å². The number of morpholine rings is 1. The topological polar surface area (TPSA) is 69.2 Å². The summed E-state index contributed by atoms with van der Waals surface area (Å²) in [6, 6.07) is 14.1. The lowest BCUT2D eigenvalue weighted by Crippen LogP contribution is -2.37. The quantitative estimate of drug-likeness (QED) is 0.297. The number of ether oxygens (including phenoxy) is 1. The van der Waals surface area contributed by atoms with E-state index in [9.17, 15) is 0 Å². The number of allylic oxidation sites excluding steroid dienone is 3. The molecule has 5 rings (SSSR count). The Balaban J connectivity index is 1.61. The van der Waals surface area contributed by atoms with Gasteiger partial charge >= 0.3 is 0 Å². The molecule has 0 spiro atoms. The molecule has 0 amide bonds. The molecule has 1 aromatic carbocycles. The van der Waals surface area contributed by atoms with Crippen LogP contribution in [0.1, 0.15) is 26.0 Å². The van der Waals surface area contributed by atoms with Crippen molar-refractivity contribution in [1.82, 2.24) is 19.7 Å². The van der Waals surface area contributed by atoms with Gasteiger partial charge in [0.1, 0.15) is 11.3 Å². The van der Waals surface area contributed by atoms with E-state index in [-0.39, 0.29) is 0 Å². The Bertz CT molecular complexity index is 1370. The standard InChI is InChI=1S/C27H29N5O2S/c1-4-8-19(2)17-24(35-3)23-18-22-25(34-23)26(31-13-15-33-16-14-31)29-27(28-22)32-12-11-21(30-32)20-9-6-5-7-10-20/h5-12,17-18H,4,13-16H2,1-3H3/b19-8+,24-17-. The molecule has 35 heavy (non-hydrogen) atoms. The van der Waals surface area contributed by atoms with Crippen LogP contribution < -0.4 is 4.90 Å². The summed E-state index contributed by atoms with van der Waals surface area (Å²) in [4.78, 5) is 13.0. The van der Waals surface area contributed by atoms with E-state index in [0.717, 1.165) is 52.8 Å². The smallest absolute Gasteiger partial charge is 0.253 e. The number of nitrogens with zero attached hydrogens (tertiary/aromatic N) is 5. The molecule has 1 saturated heterocycles. The van der Waals surface area contributed by atoms with Gasteiger partial charge in [-0.2, -0.15) is 10.1 Å². The summed E-state index contributed by atoms with van der Waals surface area (Å²) >= 11 is 1.66. The lowest BCUT2D eigenvalue weighted by atomic mass is 10.2. The van der Waals surface area contributed by atoms with Crippen LogP contribution in [0.3, 0.4) is 0 Å². The number of thioether (sulfide) groups is 1. The number of benzene rings is 1. The fourth-order valence-corrected chi connectivity index (χ4v) is 4.74. The second-order valence-electron chi connectivity index (χ2n) is 8.35. The molecule has 1 aliphatic heterocycles. The highest BCUT2D eigenvalue weighted by Crippen LogP contribution is 2.35. The van der Waals surface area contributed by atoms with Crippen LogP contribution in [0.4, 0.5) is 5.82 Å². The molecule has 0 saturated carbocycles. The Morgan fingerprint density at radius 1 is 1.11 bits per heavy atom. The van der Waals surface area contributed by atoms with Crippen LogP contribution in [0.2, 0.25) is 0 Å². The molecular formula is C27H29N5O2S. The summed E-state index contributed by atoms with van der Waals surface area (Å²) < 4.78 is 13.7. The van der Waals surface area contributed by atoms with E-state index in [1.807, 2.05) is 48.7 Å². The predicted octanol–water partition coefficient (Wildman–Crippen LogP) is 5.97. The molecule has 0 bridgehead atoms. The van der Waals surface area contributed by atoms with Gasteiger partial charge in [-0.3, -0.25) is 0 Å². The molecule has 0 N–H and O–H groups in total. The summed E-state index contributed by atoms with van der Waals surface area (Å²) in [6.45, 7) is 7.07. The van der Waals surface area contributed by atoms with Crippen molar-refractivity contribution in [2.75, 3.05) is 37.5 Å². The van der Waals surface area contributed by atoms with Crippen molar-refractivity contribution >= 4 is 33.6 Å². The van der Waals surface area contributed by atoms with Gasteiger partial charge in [-0.15, -0.1) is 11.8 Å². The first-order valence-electron chi connectivity index (χ1n) is 11.8. The fourth-order valence-electron chi connectivity index (χ4n) is 4.13. The van der Waals surface area contributed by atoms with E-state index < -0.39 is 0 Å². The predicted molar refractivity (Wildman–Crippen MR) is 143 cm³/mol. The highest BCUT2D eigenvalue weighted by atomic mass is 32.2. The molecule has 180 valence electrons. The minimum absolute atomic E-state index is 0.519. The molecule has 1 aliphatic rings. The third kappa shape index (κ3) is 5.04. The third-order valence-corrected chi connectivity index (χ3v) is 6.62. The van der Waals surface area contributed by atoms with Gasteiger partial charge < -0.3 is 14.1 Å². The molecular weight excluding hydrogens is 458 g/mol. The molecule has 0 atom stereocenters. The average Bonchev–Trinajstić information content (AvgIpc) is 3.56. The molecule has 8 heteroatoms. The second kappa shape index (κ2) is 10.5. The van der Waals surface area contributed by atoms with Crippen molar-refractivity contribution in [2.24, 2.45) is 0 Å². The molecule has 3 aromatic heterocycles. The zero-order valence-electron chi connectivity index (χ0n) is 20.3. The number of hydrogen-bond acceptors (Lipinski definition) is 7. The summed E-state index contributed by atoms with van der Waals surface area (Å²) in [7, 11) is 0. The van der Waals surface area contributed by atoms with Crippen LogP contribution >= 0.6 is 11.8 Å². The number of fused-ring (bicyclic) bond motifs is 1. The minimum atomic E-state index is 0.519. The number of rotatable bonds is 7. The van der Waals surface area contributed by atoms with E-state index in [0.29, 0.717) is 24.7 Å². The minimum Gasteiger partial charge on any atom is -0.450 e. The maximum atomic E-state index is 6.40. The van der Waals surface area contributed by atoms with E-state index in [2.05, 4.69) is 37.2 Å². The largest absolute Gasteiger partial charge is 0.450 e. The first kappa shape index (κ1) is 23.4. The zero-order chi connectivity index (χ0) is 24.2. The molecule has 1 fully saturated rings. The van der Waals surface area contributed by atoms with E-state index in [4.69, 9.17) is 24.2 Å². The molecule has 4 heterocycles. The van der Waals surface area contributed by atoms with Crippen molar-refractivity contribution < 1.29 is 9.15 Å². The van der Waals surface area contributed by atoms with Gasteiger partial charge in [0.2, 0.25) is 0 Å². The Labute approximate surface area is 209 Å². The van der Waals surface area contributed by atoms with Gasteiger partial charge in [-0.25, -0.2) is 9.67 Å². The average molecular weight is 488 g/mol. The van der Waals surface area contributed by atoms with E-state index in [1.54, 1.807) is 16.4 Å². The number of furan rings is 1. The van der Waals surface area contributed by atoms with Crippen molar-refractivity contribution in [3.63, 3.8) is 0 Å². The highest BCUT2D eigenvalue weighted by Gasteiger charge is 2.22. The van der Waals surface area contributed by atoms with Gasteiger partial charge in [-0.1, -0.05) is 48.9 Å². The van der Waals surface area contributed by atoms with Crippen LogP contribution in [0.5, 0.6) is 0 Å². The first-order chi connectivity index (χ1) is 17.2. The Hall–Kier alpha value is -3.36. The van der Waals surface area contributed by atoms with Crippen LogP contribution in [0.15, 0.2) is 70.8 Å². The lowest BCUT2D eigenvalue weighted by molar-refractivity contribution is 0.122. The van der Waals surface area contributed by atoms with Crippen molar-refractivity contribution in [1.29, 1.82) is 0 Å². The Morgan fingerprint density at radius 3 is 2.66 bits per heavy atom. The summed E-state index contributed by atoms with van der Waals surface area (Å²) in [5.74, 6) is 2.09. The number of anilines is 1. The van der Waals surface area contributed by atoms with Gasteiger partial charge in [0.05, 0.1) is 23.8 Å². The maximum Gasteiger partial charge on any atom is 0.253 e. The summed E-state index contributed by atoms with van der Waals surface area (Å²) in [6.07, 6.45) is 9.33. The Morgan fingerprint density at radius 2 is 1.91 bits per heavy atom. The molecule has 0 radical (unpaired) electrons. The number of aromatic nitrogens is 4. The van der Waals surface area contributed by atoms with Gasteiger partial charge in [0, 0.05) is 30.9 Å². The normalized spacial score (nSPS) is 15.2. The van der Waals surface area contributed by atoms with Gasteiger partial charge in [-0.05, 0) is 31.7 Å². The van der Waals surface area contributed by atoms with Gasteiger partial charge in [0.25, 0.3) is 5.95 Å². The molecule has 4 aromatic rings. The fraction of sp³-hybridized carbons (Fsp3) is 0.296. The van der Waals surface area contributed by atoms with Crippen LogP contribution in [-0.4, -0.2) is 52.3 Å². The zero-order valence-corrected chi connectivity index (χ0v) is 21.1. The highest BCUT2D eigenvalue weighted by molar-refractivity contribution is 8.07. The molecule has 7 nitrogen and oxygen atoms in total. The molecule has 0 aliphatic carbocycles. The van der Waals surface area contributed by atoms with Crippen molar-refractivity contribution in [2.45, 2.75) is 20.3 Å². The van der Waals surface area contributed by atoms with Crippen molar-refractivity contribution in [3.8, 4) is 17.2 Å². The second-order valence-corrected chi connectivity index (χ2v) is 9.20. The first-order valence-corrected chi connectivity index (χ1v) is 13.1. The molecule has 0 unspecified atom stereocenters. The van der Waals surface area contributed by atoms with Crippen molar-refractivity contribution in [3.05, 3.63) is 72.1 Å². The summed E-state index contributed by atoms with van der Waals surface area (Å²) in [5, 5.41) is 4.76. The third-order valence-electron chi connectivity index (χ3n) is 5.86. The van der Waals surface area contributed by atoms with Gasteiger partial charge in [0.15, 0.2) is 11.4 Å². The monoisotopic (exact) mass is 487 g/mol. The van der Waals surface area contributed by atoms with Crippen LogP contribution in [0, 0.1) is 0 Å². The summed E-state index contributed by atoms with van der Waals surface area (Å²) in [5.41, 5.74) is 4.60. The Kier molecular flexibility index (Phi) is 7.01. The SMILES string of the molecule is CC/C=C(C)/C=C(\SC)c1cc2nc(-n3ccc(-c4ccccc4)n3)nc(N3CCOCC3)c2o1. The van der Waals surface area contributed by atoms with E-state index >= 15 is 0 Å².